The molecule has 0 aliphatic carbocycles. The maximum atomic E-state index is 11.4. The van der Waals surface area contributed by atoms with E-state index >= 15 is 0 Å². The highest BCUT2D eigenvalue weighted by Crippen LogP contribution is 2.44. The fraction of sp³-hybridized carbons (Fsp3) is 0.200. The molecule has 4 rings (SSSR count). The predicted octanol–water partition coefficient (Wildman–Crippen LogP) is 6.31. The van der Waals surface area contributed by atoms with Crippen molar-refractivity contribution in [3.05, 3.63) is 106 Å². The van der Waals surface area contributed by atoms with Crippen LogP contribution in [0.4, 0.5) is 0 Å². The van der Waals surface area contributed by atoms with E-state index < -0.39 is 5.79 Å². The number of rotatable bonds is 2. The Kier molecular flexibility index (Phi) is 4.57. The van der Waals surface area contributed by atoms with Gasteiger partial charge in [0.15, 0.2) is 0 Å². The van der Waals surface area contributed by atoms with Gasteiger partial charge in [-0.25, -0.2) is 0 Å². The van der Waals surface area contributed by atoms with E-state index in [1.165, 1.54) is 5.56 Å². The third-order valence-electron chi connectivity index (χ3n) is 5.08. The van der Waals surface area contributed by atoms with Gasteiger partial charge < -0.3 is 9.84 Å². The van der Waals surface area contributed by atoms with E-state index in [0.29, 0.717) is 16.3 Å². The molecule has 0 aromatic heterocycles. The molecule has 3 aromatic carbocycles. The topological polar surface area (TPSA) is 29.5 Å². The second-order valence-electron chi connectivity index (χ2n) is 8.19. The Hall–Kier alpha value is -2.55. The number of benzene rings is 3. The van der Waals surface area contributed by atoms with Crippen LogP contribution in [0.15, 0.2) is 78.9 Å². The number of ether oxygens (including phenoxy) is 1. The van der Waals surface area contributed by atoms with E-state index in [1.54, 1.807) is 30.3 Å². The van der Waals surface area contributed by atoms with E-state index in [2.05, 4.69) is 32.9 Å². The highest BCUT2D eigenvalue weighted by molar-refractivity contribution is 6.30. The third-order valence-corrected chi connectivity index (χ3v) is 5.34. The Morgan fingerprint density at radius 2 is 1.57 bits per heavy atom. The quantitative estimate of drug-likeness (QED) is 0.555. The SMILES string of the molecule is CC(C)(C)c1ccc2c(c1)C(c1ccccc1)=CC(O)(c1ccc(Cl)cc1)O2. The molecule has 1 aliphatic rings. The van der Waals surface area contributed by atoms with Gasteiger partial charge in [0.05, 0.1) is 0 Å². The lowest BCUT2D eigenvalue weighted by Crippen LogP contribution is -2.33. The van der Waals surface area contributed by atoms with E-state index in [0.717, 1.165) is 16.7 Å². The molecular weight excluding hydrogens is 368 g/mol. The van der Waals surface area contributed by atoms with Gasteiger partial charge >= 0.3 is 0 Å². The largest absolute Gasteiger partial charge is 0.454 e. The fourth-order valence-corrected chi connectivity index (χ4v) is 3.58. The molecule has 3 heteroatoms. The molecule has 0 fully saturated rings. The summed E-state index contributed by atoms with van der Waals surface area (Å²) >= 11 is 6.02. The molecule has 1 N–H and O–H groups in total. The Bertz CT molecular complexity index is 1030. The maximum Gasteiger partial charge on any atom is 0.255 e. The summed E-state index contributed by atoms with van der Waals surface area (Å²) in [6, 6.07) is 23.4. The van der Waals surface area contributed by atoms with Crippen molar-refractivity contribution in [3.63, 3.8) is 0 Å². The first kappa shape index (κ1) is 18.8. The van der Waals surface area contributed by atoms with Gasteiger partial charge in [-0.3, -0.25) is 0 Å². The molecule has 28 heavy (non-hydrogen) atoms. The lowest BCUT2D eigenvalue weighted by Gasteiger charge is -2.34. The van der Waals surface area contributed by atoms with Crippen molar-refractivity contribution < 1.29 is 9.84 Å². The standard InChI is InChI=1S/C25H23ClO2/c1-24(2,3)19-11-14-23-21(15-19)22(17-7-5-4-6-8-17)16-25(27,28-23)18-9-12-20(26)13-10-18/h4-16,27H,1-3H3. The van der Waals surface area contributed by atoms with Gasteiger partial charge in [0.25, 0.3) is 5.79 Å². The van der Waals surface area contributed by atoms with Gasteiger partial charge in [0, 0.05) is 22.2 Å². The van der Waals surface area contributed by atoms with Crippen molar-refractivity contribution >= 4 is 17.2 Å². The summed E-state index contributed by atoms with van der Waals surface area (Å²) in [4.78, 5) is 0. The first-order valence-corrected chi connectivity index (χ1v) is 9.75. The van der Waals surface area contributed by atoms with Gasteiger partial charge in [-0.1, -0.05) is 80.9 Å². The van der Waals surface area contributed by atoms with Crippen LogP contribution in [0.5, 0.6) is 5.75 Å². The van der Waals surface area contributed by atoms with Crippen molar-refractivity contribution in [2.45, 2.75) is 32.0 Å². The molecule has 0 bridgehead atoms. The number of hydrogen-bond acceptors (Lipinski definition) is 2. The molecule has 1 atom stereocenters. The summed E-state index contributed by atoms with van der Waals surface area (Å²) in [5, 5.41) is 12.0. The molecule has 142 valence electrons. The molecule has 0 amide bonds. The smallest absolute Gasteiger partial charge is 0.255 e. The normalized spacial score (nSPS) is 18.8. The van der Waals surface area contributed by atoms with Crippen molar-refractivity contribution in [1.82, 2.24) is 0 Å². The molecule has 0 saturated heterocycles. The third kappa shape index (κ3) is 3.46. The van der Waals surface area contributed by atoms with Crippen LogP contribution in [-0.2, 0) is 11.2 Å². The van der Waals surface area contributed by atoms with Crippen LogP contribution in [0.1, 0.15) is 43.0 Å². The summed E-state index contributed by atoms with van der Waals surface area (Å²) in [6.07, 6.45) is 1.79. The molecule has 1 heterocycles. The first-order chi connectivity index (χ1) is 13.3. The van der Waals surface area contributed by atoms with Crippen LogP contribution in [0.3, 0.4) is 0 Å². The van der Waals surface area contributed by atoms with Crippen molar-refractivity contribution in [1.29, 1.82) is 0 Å². The van der Waals surface area contributed by atoms with Crippen molar-refractivity contribution in [2.24, 2.45) is 0 Å². The molecular formula is C25H23ClO2. The zero-order valence-corrected chi connectivity index (χ0v) is 17.0. The second kappa shape index (κ2) is 6.80. The summed E-state index contributed by atoms with van der Waals surface area (Å²) in [5.41, 5.74) is 4.83. The summed E-state index contributed by atoms with van der Waals surface area (Å²) in [7, 11) is 0. The van der Waals surface area contributed by atoms with Crippen LogP contribution in [0.2, 0.25) is 5.02 Å². The van der Waals surface area contributed by atoms with Gasteiger partial charge in [0.1, 0.15) is 5.75 Å². The second-order valence-corrected chi connectivity index (χ2v) is 8.63. The maximum absolute atomic E-state index is 11.4. The number of fused-ring (bicyclic) bond motifs is 1. The Labute approximate surface area is 171 Å². The molecule has 0 spiro atoms. The molecule has 2 nitrogen and oxygen atoms in total. The average Bonchev–Trinajstić information content (AvgIpc) is 2.67. The minimum absolute atomic E-state index is 0.0146. The zero-order valence-electron chi connectivity index (χ0n) is 16.2. The van der Waals surface area contributed by atoms with Gasteiger partial charge in [-0.05, 0) is 46.4 Å². The van der Waals surface area contributed by atoms with Gasteiger partial charge in [-0.2, -0.15) is 0 Å². The van der Waals surface area contributed by atoms with E-state index in [4.69, 9.17) is 16.3 Å². The van der Waals surface area contributed by atoms with Crippen LogP contribution in [0.25, 0.3) is 5.57 Å². The molecule has 0 radical (unpaired) electrons. The molecule has 0 saturated carbocycles. The van der Waals surface area contributed by atoms with Crippen LogP contribution < -0.4 is 4.74 Å². The lowest BCUT2D eigenvalue weighted by atomic mass is 9.83. The highest BCUT2D eigenvalue weighted by atomic mass is 35.5. The van der Waals surface area contributed by atoms with Crippen molar-refractivity contribution in [2.75, 3.05) is 0 Å². The molecule has 1 unspecified atom stereocenters. The molecule has 3 aromatic rings. The Morgan fingerprint density at radius 1 is 0.893 bits per heavy atom. The lowest BCUT2D eigenvalue weighted by molar-refractivity contribution is -0.103. The Balaban J connectivity index is 1.92. The van der Waals surface area contributed by atoms with E-state index in [9.17, 15) is 5.11 Å². The monoisotopic (exact) mass is 390 g/mol. The summed E-state index contributed by atoms with van der Waals surface area (Å²) < 4.78 is 6.10. The number of aliphatic hydroxyl groups is 1. The molecule has 1 aliphatic heterocycles. The minimum atomic E-state index is -1.56. The summed E-state index contributed by atoms with van der Waals surface area (Å²) in [5.74, 6) is -0.904. The van der Waals surface area contributed by atoms with Crippen LogP contribution in [0, 0.1) is 0 Å². The first-order valence-electron chi connectivity index (χ1n) is 9.37. The van der Waals surface area contributed by atoms with Crippen molar-refractivity contribution in [3.8, 4) is 5.75 Å². The van der Waals surface area contributed by atoms with E-state index in [1.807, 2.05) is 36.4 Å². The fourth-order valence-electron chi connectivity index (χ4n) is 3.45. The zero-order chi connectivity index (χ0) is 19.9. The Morgan fingerprint density at radius 3 is 2.21 bits per heavy atom. The minimum Gasteiger partial charge on any atom is -0.454 e. The summed E-state index contributed by atoms with van der Waals surface area (Å²) in [6.45, 7) is 6.57. The van der Waals surface area contributed by atoms with Crippen LogP contribution >= 0.6 is 11.6 Å². The van der Waals surface area contributed by atoms with Gasteiger partial charge in [0.2, 0.25) is 0 Å². The number of halogens is 1. The number of hydrogen-bond donors (Lipinski definition) is 1. The van der Waals surface area contributed by atoms with E-state index in [-0.39, 0.29) is 5.41 Å². The van der Waals surface area contributed by atoms with Crippen LogP contribution in [-0.4, -0.2) is 5.11 Å². The van der Waals surface area contributed by atoms with Gasteiger partial charge in [-0.15, -0.1) is 0 Å². The highest BCUT2D eigenvalue weighted by Gasteiger charge is 2.36. The predicted molar refractivity (Wildman–Crippen MR) is 115 cm³/mol. The average molecular weight is 391 g/mol.